The minimum absolute atomic E-state index is 0.157. The summed E-state index contributed by atoms with van der Waals surface area (Å²) >= 11 is 0. The van der Waals surface area contributed by atoms with E-state index in [1.54, 1.807) is 24.0 Å². The van der Waals surface area contributed by atoms with E-state index in [1.807, 2.05) is 0 Å². The Balaban J connectivity index is 0.000000167. The fraction of sp³-hybridized carbons (Fsp3) is 0.458. The Labute approximate surface area is 167 Å². The van der Waals surface area contributed by atoms with Crippen LogP contribution < -0.4 is 5.32 Å². The number of likely N-dealkylation sites (tertiary alicyclic amines) is 1. The Kier molecular flexibility index (Phi) is 7.46. The van der Waals surface area contributed by atoms with Crippen LogP contribution in [0.15, 0.2) is 48.5 Å². The molecule has 0 bridgehead atoms. The largest absolute Gasteiger partial charge is 0.382 e. The van der Waals surface area contributed by atoms with Gasteiger partial charge in [-0.3, -0.25) is 4.79 Å². The van der Waals surface area contributed by atoms with Gasteiger partial charge in [0.15, 0.2) is 0 Å². The van der Waals surface area contributed by atoms with Crippen molar-refractivity contribution in [1.82, 2.24) is 4.90 Å². The number of para-hydroxylation sites is 1. The maximum atomic E-state index is 13.6. The molecule has 0 atom stereocenters. The molecule has 0 radical (unpaired) electrons. The number of benzene rings is 2. The van der Waals surface area contributed by atoms with Crippen molar-refractivity contribution in [1.29, 1.82) is 0 Å². The molecule has 4 rings (SSSR count). The average molecular weight is 383 g/mol. The molecule has 1 heterocycles. The lowest BCUT2D eigenvalue weighted by Crippen LogP contribution is -2.36. The highest BCUT2D eigenvalue weighted by Gasteiger charge is 2.22. The molecule has 28 heavy (non-hydrogen) atoms. The van der Waals surface area contributed by atoms with Crippen molar-refractivity contribution in [2.45, 2.75) is 57.9 Å². The first kappa shape index (κ1) is 20.4. The van der Waals surface area contributed by atoms with E-state index in [4.69, 9.17) is 0 Å². The standard InChI is InChI=1S/C13H16FNO.C11H15N/c1-10-6-5-7-11(14)12(10)13(16)15-8-3-2-4-9-15;1-2-6-10(7-3-1)12-11-8-4-5-9-11/h5-7H,2-4,8-9H2,1H3;1-3,6-7,11-12H,4-5,8-9H2. The van der Waals surface area contributed by atoms with Gasteiger partial charge in [0.2, 0.25) is 0 Å². The first-order valence-corrected chi connectivity index (χ1v) is 10.5. The molecule has 3 nitrogen and oxygen atoms in total. The summed E-state index contributed by atoms with van der Waals surface area (Å²) in [4.78, 5) is 13.9. The Hall–Kier alpha value is -2.36. The normalized spacial score (nSPS) is 17.0. The van der Waals surface area contributed by atoms with Gasteiger partial charge in [0.1, 0.15) is 5.82 Å². The van der Waals surface area contributed by atoms with Gasteiger partial charge >= 0.3 is 0 Å². The number of carbonyl (C=O) groups excluding carboxylic acids is 1. The number of nitrogens with zero attached hydrogens (tertiary/aromatic N) is 1. The van der Waals surface area contributed by atoms with Crippen LogP contribution in [0.1, 0.15) is 60.9 Å². The SMILES string of the molecule is Cc1cccc(F)c1C(=O)N1CCCCC1.c1ccc(NC2CCCC2)cc1. The molecule has 2 aliphatic rings. The quantitative estimate of drug-likeness (QED) is 0.727. The fourth-order valence-corrected chi connectivity index (χ4v) is 4.00. The van der Waals surface area contributed by atoms with Crippen molar-refractivity contribution in [3.8, 4) is 0 Å². The van der Waals surface area contributed by atoms with Gasteiger partial charge in [-0.25, -0.2) is 4.39 Å². The molecule has 4 heteroatoms. The second-order valence-electron chi connectivity index (χ2n) is 7.78. The summed E-state index contributed by atoms with van der Waals surface area (Å²) in [5, 5.41) is 3.54. The Morgan fingerprint density at radius 3 is 2.25 bits per heavy atom. The number of carbonyl (C=O) groups is 1. The summed E-state index contributed by atoms with van der Waals surface area (Å²) in [7, 11) is 0. The van der Waals surface area contributed by atoms with Crippen molar-refractivity contribution >= 4 is 11.6 Å². The highest BCUT2D eigenvalue weighted by Crippen LogP contribution is 2.22. The molecule has 150 valence electrons. The second-order valence-corrected chi connectivity index (χ2v) is 7.78. The molecule has 1 N–H and O–H groups in total. The minimum atomic E-state index is -0.407. The highest BCUT2D eigenvalue weighted by atomic mass is 19.1. The van der Waals surface area contributed by atoms with Crippen LogP contribution in [0.5, 0.6) is 0 Å². The van der Waals surface area contributed by atoms with Crippen molar-refractivity contribution in [3.63, 3.8) is 0 Å². The number of hydrogen-bond donors (Lipinski definition) is 1. The van der Waals surface area contributed by atoms with E-state index in [1.165, 1.54) is 43.9 Å². The zero-order chi connectivity index (χ0) is 19.8. The van der Waals surface area contributed by atoms with Crippen molar-refractivity contribution < 1.29 is 9.18 Å². The second kappa shape index (κ2) is 10.3. The molecule has 0 spiro atoms. The number of amides is 1. The van der Waals surface area contributed by atoms with Crippen molar-refractivity contribution in [3.05, 3.63) is 65.5 Å². The monoisotopic (exact) mass is 382 g/mol. The summed E-state index contributed by atoms with van der Waals surface area (Å²) < 4.78 is 13.6. The third kappa shape index (κ3) is 5.57. The van der Waals surface area contributed by atoms with E-state index in [2.05, 4.69) is 35.6 Å². The summed E-state index contributed by atoms with van der Waals surface area (Å²) in [6, 6.07) is 16.0. The average Bonchev–Trinajstić information content (AvgIpc) is 3.23. The molecule has 1 aliphatic heterocycles. The van der Waals surface area contributed by atoms with Crippen LogP contribution in [0.25, 0.3) is 0 Å². The van der Waals surface area contributed by atoms with Crippen LogP contribution in [0.3, 0.4) is 0 Å². The van der Waals surface area contributed by atoms with E-state index in [-0.39, 0.29) is 11.5 Å². The first-order valence-electron chi connectivity index (χ1n) is 10.5. The van der Waals surface area contributed by atoms with Gasteiger partial charge in [0.25, 0.3) is 5.91 Å². The smallest absolute Gasteiger partial charge is 0.257 e. The van der Waals surface area contributed by atoms with Gasteiger partial charge in [-0.1, -0.05) is 43.2 Å². The molecule has 1 saturated heterocycles. The van der Waals surface area contributed by atoms with Crippen LogP contribution in [0.4, 0.5) is 10.1 Å². The van der Waals surface area contributed by atoms with E-state index in [0.29, 0.717) is 0 Å². The van der Waals surface area contributed by atoms with Gasteiger partial charge in [-0.15, -0.1) is 0 Å². The van der Waals surface area contributed by atoms with Gasteiger partial charge in [-0.05, 0) is 62.8 Å². The number of nitrogens with one attached hydrogen (secondary N) is 1. The highest BCUT2D eigenvalue weighted by molar-refractivity contribution is 5.96. The lowest BCUT2D eigenvalue weighted by atomic mass is 10.0. The number of halogens is 1. The molecule has 1 aliphatic carbocycles. The zero-order valence-corrected chi connectivity index (χ0v) is 16.8. The molecule has 1 saturated carbocycles. The Morgan fingerprint density at radius 2 is 1.61 bits per heavy atom. The van der Waals surface area contributed by atoms with Crippen molar-refractivity contribution in [2.24, 2.45) is 0 Å². The predicted molar refractivity (Wildman–Crippen MR) is 113 cm³/mol. The number of piperidine rings is 1. The summed E-state index contributed by atoms with van der Waals surface area (Å²) in [5.74, 6) is -0.564. The molecule has 2 aromatic carbocycles. The maximum Gasteiger partial charge on any atom is 0.257 e. The zero-order valence-electron chi connectivity index (χ0n) is 16.8. The maximum absolute atomic E-state index is 13.6. The van der Waals surface area contributed by atoms with Gasteiger partial charge in [0.05, 0.1) is 5.56 Å². The molecule has 0 unspecified atom stereocenters. The molecular formula is C24H31FN2O. The predicted octanol–water partition coefficient (Wildman–Crippen LogP) is 5.80. The third-order valence-electron chi connectivity index (χ3n) is 5.58. The number of aryl methyl sites for hydroxylation is 1. The van der Waals surface area contributed by atoms with E-state index < -0.39 is 5.82 Å². The summed E-state index contributed by atoms with van der Waals surface area (Å²) in [5.41, 5.74) is 2.23. The molecule has 0 aromatic heterocycles. The van der Waals surface area contributed by atoms with Gasteiger partial charge in [-0.2, -0.15) is 0 Å². The molecule has 2 fully saturated rings. The third-order valence-corrected chi connectivity index (χ3v) is 5.58. The molecule has 1 amide bonds. The summed E-state index contributed by atoms with van der Waals surface area (Å²) in [6.45, 7) is 3.29. The molecular weight excluding hydrogens is 351 g/mol. The van der Waals surface area contributed by atoms with Crippen LogP contribution in [-0.4, -0.2) is 29.9 Å². The summed E-state index contributed by atoms with van der Waals surface area (Å²) in [6.07, 6.45) is 8.69. The fourth-order valence-electron chi connectivity index (χ4n) is 4.00. The number of anilines is 1. The topological polar surface area (TPSA) is 32.3 Å². The van der Waals surface area contributed by atoms with Gasteiger partial charge in [0, 0.05) is 24.8 Å². The van der Waals surface area contributed by atoms with E-state index in [9.17, 15) is 9.18 Å². The minimum Gasteiger partial charge on any atom is -0.382 e. The number of hydrogen-bond acceptors (Lipinski definition) is 2. The Bertz CT molecular complexity index is 730. The van der Waals surface area contributed by atoms with Gasteiger partial charge < -0.3 is 10.2 Å². The van der Waals surface area contributed by atoms with Crippen molar-refractivity contribution in [2.75, 3.05) is 18.4 Å². The lowest BCUT2D eigenvalue weighted by Gasteiger charge is -2.27. The first-order chi connectivity index (χ1) is 13.6. The van der Waals surface area contributed by atoms with E-state index in [0.717, 1.165) is 37.5 Å². The Morgan fingerprint density at radius 1 is 0.929 bits per heavy atom. The van der Waals surface area contributed by atoms with Crippen LogP contribution in [-0.2, 0) is 0 Å². The van der Waals surface area contributed by atoms with E-state index >= 15 is 0 Å². The van der Waals surface area contributed by atoms with Crippen LogP contribution in [0, 0.1) is 12.7 Å². The van der Waals surface area contributed by atoms with Crippen LogP contribution in [0.2, 0.25) is 0 Å². The lowest BCUT2D eigenvalue weighted by molar-refractivity contribution is 0.0719. The number of rotatable bonds is 3. The molecule has 2 aromatic rings. The van der Waals surface area contributed by atoms with Crippen LogP contribution >= 0.6 is 0 Å².